The van der Waals surface area contributed by atoms with Gasteiger partial charge in [-0.05, 0) is 26.0 Å². The minimum Gasteiger partial charge on any atom is -0.495 e. The standard InChI is InChI=1S/C15H18N2O3S/c1-4-20-14(18)15(2,13-16-9-10-21-13)17-11-7-5-6-8-12(11)19-3/h5-10,17H,4H2,1-3H3. The van der Waals surface area contributed by atoms with Crippen molar-refractivity contribution in [1.29, 1.82) is 0 Å². The number of ether oxygens (including phenoxy) is 2. The molecule has 1 N–H and O–H groups in total. The van der Waals surface area contributed by atoms with Gasteiger partial charge in [-0.3, -0.25) is 0 Å². The SMILES string of the molecule is CCOC(=O)C(C)(Nc1ccccc1OC)c1nccs1. The highest BCUT2D eigenvalue weighted by atomic mass is 32.1. The lowest BCUT2D eigenvalue weighted by Gasteiger charge is -2.28. The van der Waals surface area contributed by atoms with E-state index in [1.807, 2.05) is 29.6 Å². The summed E-state index contributed by atoms with van der Waals surface area (Å²) in [5.41, 5.74) is -0.343. The Morgan fingerprint density at radius 1 is 1.43 bits per heavy atom. The first kappa shape index (κ1) is 15.3. The van der Waals surface area contributed by atoms with Gasteiger partial charge in [-0.15, -0.1) is 11.3 Å². The fourth-order valence-corrected chi connectivity index (χ4v) is 2.70. The van der Waals surface area contributed by atoms with E-state index in [0.717, 1.165) is 0 Å². The summed E-state index contributed by atoms with van der Waals surface area (Å²) in [5.74, 6) is 0.287. The van der Waals surface area contributed by atoms with Crippen molar-refractivity contribution in [2.75, 3.05) is 19.0 Å². The molecule has 0 aliphatic rings. The molecule has 1 heterocycles. The molecule has 1 atom stereocenters. The summed E-state index contributed by atoms with van der Waals surface area (Å²) < 4.78 is 10.5. The van der Waals surface area contributed by atoms with Crippen LogP contribution >= 0.6 is 11.3 Å². The molecule has 1 aromatic heterocycles. The van der Waals surface area contributed by atoms with Crippen molar-refractivity contribution in [1.82, 2.24) is 4.98 Å². The molecule has 0 saturated heterocycles. The van der Waals surface area contributed by atoms with E-state index in [0.29, 0.717) is 23.1 Å². The third-order valence-corrected chi connectivity index (χ3v) is 4.03. The number of hydrogen-bond acceptors (Lipinski definition) is 6. The van der Waals surface area contributed by atoms with Gasteiger partial charge in [-0.2, -0.15) is 0 Å². The van der Waals surface area contributed by atoms with Crippen molar-refractivity contribution < 1.29 is 14.3 Å². The lowest BCUT2D eigenvalue weighted by atomic mass is 10.0. The zero-order chi connectivity index (χ0) is 15.3. The van der Waals surface area contributed by atoms with Crippen LogP contribution in [0.2, 0.25) is 0 Å². The summed E-state index contributed by atoms with van der Waals surface area (Å²) in [6.45, 7) is 3.85. The van der Waals surface area contributed by atoms with Crippen LogP contribution in [0.4, 0.5) is 5.69 Å². The molecule has 2 aromatic rings. The molecule has 0 radical (unpaired) electrons. The maximum Gasteiger partial charge on any atom is 0.338 e. The molecule has 0 amide bonds. The predicted octanol–water partition coefficient (Wildman–Crippen LogP) is 3.04. The highest BCUT2D eigenvalue weighted by Gasteiger charge is 2.40. The second-order valence-electron chi connectivity index (χ2n) is 4.51. The lowest BCUT2D eigenvalue weighted by molar-refractivity contribution is -0.148. The summed E-state index contributed by atoms with van der Waals surface area (Å²) in [4.78, 5) is 16.7. The third kappa shape index (κ3) is 3.16. The monoisotopic (exact) mass is 306 g/mol. The first-order valence-corrected chi connectivity index (χ1v) is 7.48. The number of anilines is 1. The first-order chi connectivity index (χ1) is 10.1. The highest BCUT2D eigenvalue weighted by molar-refractivity contribution is 7.09. The van der Waals surface area contributed by atoms with Crippen molar-refractivity contribution in [2.24, 2.45) is 0 Å². The first-order valence-electron chi connectivity index (χ1n) is 6.60. The van der Waals surface area contributed by atoms with Gasteiger partial charge in [0.15, 0.2) is 5.54 Å². The Morgan fingerprint density at radius 2 is 2.19 bits per heavy atom. The van der Waals surface area contributed by atoms with Gasteiger partial charge in [0.05, 0.1) is 19.4 Å². The van der Waals surface area contributed by atoms with Crippen LogP contribution in [-0.4, -0.2) is 24.7 Å². The number of esters is 1. The summed E-state index contributed by atoms with van der Waals surface area (Å²) in [6, 6.07) is 7.42. The molecular weight excluding hydrogens is 288 g/mol. The Bertz CT molecular complexity index is 601. The molecule has 5 nitrogen and oxygen atoms in total. The quantitative estimate of drug-likeness (QED) is 0.831. The third-order valence-electron chi connectivity index (χ3n) is 3.04. The van der Waals surface area contributed by atoms with Crippen LogP contribution < -0.4 is 10.1 Å². The number of thiazole rings is 1. The fraction of sp³-hybridized carbons (Fsp3) is 0.333. The van der Waals surface area contributed by atoms with Crippen LogP contribution in [0.25, 0.3) is 0 Å². The van der Waals surface area contributed by atoms with E-state index in [4.69, 9.17) is 9.47 Å². The predicted molar refractivity (Wildman–Crippen MR) is 82.7 cm³/mol. The van der Waals surface area contributed by atoms with Crippen LogP contribution in [0.3, 0.4) is 0 Å². The summed E-state index contributed by atoms with van der Waals surface area (Å²) in [6.07, 6.45) is 1.67. The molecule has 1 unspecified atom stereocenters. The second kappa shape index (κ2) is 6.58. The Hall–Kier alpha value is -2.08. The summed E-state index contributed by atoms with van der Waals surface area (Å²) >= 11 is 1.40. The van der Waals surface area contributed by atoms with E-state index in [1.165, 1.54) is 11.3 Å². The number of aromatic nitrogens is 1. The minimum atomic E-state index is -1.06. The molecule has 21 heavy (non-hydrogen) atoms. The van der Waals surface area contributed by atoms with Crippen LogP contribution in [0.1, 0.15) is 18.9 Å². The maximum absolute atomic E-state index is 12.4. The molecule has 0 fully saturated rings. The summed E-state index contributed by atoms with van der Waals surface area (Å²) in [7, 11) is 1.59. The molecule has 112 valence electrons. The smallest absolute Gasteiger partial charge is 0.338 e. The van der Waals surface area contributed by atoms with E-state index in [1.54, 1.807) is 27.2 Å². The Kier molecular flexibility index (Phi) is 4.80. The molecular formula is C15H18N2O3S. The Labute approximate surface area is 127 Å². The average molecular weight is 306 g/mol. The van der Waals surface area contributed by atoms with Gasteiger partial charge in [-0.25, -0.2) is 9.78 Å². The number of nitrogens with one attached hydrogen (secondary N) is 1. The number of para-hydroxylation sites is 2. The average Bonchev–Trinajstić information content (AvgIpc) is 3.02. The number of methoxy groups -OCH3 is 1. The van der Waals surface area contributed by atoms with Gasteiger partial charge in [-0.1, -0.05) is 12.1 Å². The molecule has 0 saturated carbocycles. The lowest BCUT2D eigenvalue weighted by Crippen LogP contribution is -2.42. The second-order valence-corrected chi connectivity index (χ2v) is 5.40. The van der Waals surface area contributed by atoms with Crippen LogP contribution in [0, 0.1) is 0 Å². The Balaban J connectivity index is 2.39. The minimum absolute atomic E-state index is 0.313. The van der Waals surface area contributed by atoms with E-state index in [-0.39, 0.29) is 5.97 Å². The zero-order valence-corrected chi connectivity index (χ0v) is 13.1. The topological polar surface area (TPSA) is 60.5 Å². The van der Waals surface area contributed by atoms with Crippen LogP contribution in [0.5, 0.6) is 5.75 Å². The van der Waals surface area contributed by atoms with Gasteiger partial charge in [0.25, 0.3) is 0 Å². The molecule has 2 rings (SSSR count). The molecule has 0 aliphatic carbocycles. The number of carbonyl (C=O) groups excluding carboxylic acids is 1. The van der Waals surface area contributed by atoms with Gasteiger partial charge >= 0.3 is 5.97 Å². The maximum atomic E-state index is 12.4. The highest BCUT2D eigenvalue weighted by Crippen LogP contribution is 2.33. The number of carbonyl (C=O) groups is 1. The van der Waals surface area contributed by atoms with Crippen molar-refractivity contribution in [3.8, 4) is 5.75 Å². The number of benzene rings is 1. The Morgan fingerprint density at radius 3 is 2.81 bits per heavy atom. The number of nitrogens with zero attached hydrogens (tertiary/aromatic N) is 1. The van der Waals surface area contributed by atoms with Gasteiger partial charge in [0.2, 0.25) is 0 Å². The zero-order valence-electron chi connectivity index (χ0n) is 12.3. The van der Waals surface area contributed by atoms with E-state index >= 15 is 0 Å². The van der Waals surface area contributed by atoms with E-state index in [2.05, 4.69) is 10.3 Å². The van der Waals surface area contributed by atoms with Crippen molar-refractivity contribution in [3.63, 3.8) is 0 Å². The van der Waals surface area contributed by atoms with Gasteiger partial charge in [0, 0.05) is 11.6 Å². The van der Waals surface area contributed by atoms with Crippen molar-refractivity contribution >= 4 is 23.0 Å². The largest absolute Gasteiger partial charge is 0.495 e. The normalized spacial score (nSPS) is 13.3. The van der Waals surface area contributed by atoms with Crippen molar-refractivity contribution in [2.45, 2.75) is 19.4 Å². The molecule has 0 bridgehead atoms. The number of rotatable bonds is 6. The van der Waals surface area contributed by atoms with Crippen LogP contribution in [-0.2, 0) is 15.1 Å². The van der Waals surface area contributed by atoms with E-state index < -0.39 is 5.54 Å². The molecule has 1 aromatic carbocycles. The van der Waals surface area contributed by atoms with Crippen molar-refractivity contribution in [3.05, 3.63) is 40.8 Å². The molecule has 0 spiro atoms. The van der Waals surface area contributed by atoms with E-state index in [9.17, 15) is 4.79 Å². The molecule has 6 heteroatoms. The van der Waals surface area contributed by atoms with Gasteiger partial charge < -0.3 is 14.8 Å². The fourth-order valence-electron chi connectivity index (χ4n) is 1.95. The van der Waals surface area contributed by atoms with Crippen LogP contribution in [0.15, 0.2) is 35.8 Å². The van der Waals surface area contributed by atoms with Gasteiger partial charge in [0.1, 0.15) is 10.8 Å². The summed E-state index contributed by atoms with van der Waals surface area (Å²) in [5, 5.41) is 5.69. The number of hydrogen-bond donors (Lipinski definition) is 1. The molecule has 0 aliphatic heterocycles.